The molecule has 4 aliphatic carbocycles. The van der Waals surface area contributed by atoms with Gasteiger partial charge < -0.3 is 15.3 Å². The van der Waals surface area contributed by atoms with Gasteiger partial charge in [-0.25, -0.2) is 0 Å². The average Bonchev–Trinajstić information content (AvgIpc) is 2.86. The molecule has 1 unspecified atom stereocenters. The highest BCUT2D eigenvalue weighted by atomic mass is 127. The SMILES string of the molecule is C[C@]12CCC(=O)C=C1CC[C@@H]1[C@@H]2[C@H](O)C[C@@]2(C)[C@H]1CC[C@]2(O)C(=O)C(O)I. The summed E-state index contributed by atoms with van der Waals surface area (Å²) in [6.45, 7) is 4.12. The molecule has 4 aliphatic rings. The van der Waals surface area contributed by atoms with Crippen LogP contribution in [0.1, 0.15) is 58.8 Å². The predicted molar refractivity (Wildman–Crippen MR) is 108 cm³/mol. The number of alkyl halides is 1. The van der Waals surface area contributed by atoms with Gasteiger partial charge >= 0.3 is 0 Å². The Bertz CT molecular complexity index is 717. The minimum absolute atomic E-state index is 0.0608. The first-order valence-corrected chi connectivity index (χ1v) is 11.3. The molecule has 0 heterocycles. The summed E-state index contributed by atoms with van der Waals surface area (Å²) < 4.78 is -1.24. The lowest BCUT2D eigenvalue weighted by Crippen LogP contribution is -2.62. The van der Waals surface area contributed by atoms with Crippen LogP contribution in [0.25, 0.3) is 0 Å². The lowest BCUT2D eigenvalue weighted by Gasteiger charge is -2.60. The number of hydrogen-bond acceptors (Lipinski definition) is 5. The summed E-state index contributed by atoms with van der Waals surface area (Å²) in [5, 5.41) is 32.4. The van der Waals surface area contributed by atoms with Crippen molar-refractivity contribution in [3.05, 3.63) is 11.6 Å². The Labute approximate surface area is 173 Å². The fourth-order valence-corrected chi connectivity index (χ4v) is 7.81. The standard InChI is InChI=1S/C21H29IO5/c1-19-7-5-12(23)9-11(19)3-4-13-14-6-8-21(27,17(25)18(22)26)20(14,2)10-15(24)16(13)19/h9,13-16,18,24,26-27H,3-8,10H2,1-2H3/t13-,14-,15+,16+,18?,19-,20-,21-/m0/s1. The number of rotatable bonds is 2. The van der Waals surface area contributed by atoms with Gasteiger partial charge in [0.15, 0.2) is 9.89 Å². The van der Waals surface area contributed by atoms with Crippen LogP contribution < -0.4 is 0 Å². The number of aliphatic hydroxyl groups excluding tert-OH is 2. The molecule has 3 N–H and O–H groups in total. The first-order valence-electron chi connectivity index (χ1n) is 10.1. The minimum Gasteiger partial charge on any atom is -0.393 e. The topological polar surface area (TPSA) is 94.8 Å². The molecule has 3 saturated carbocycles. The van der Waals surface area contributed by atoms with Crippen molar-refractivity contribution in [2.24, 2.45) is 28.6 Å². The number of halogens is 1. The Balaban J connectivity index is 1.73. The van der Waals surface area contributed by atoms with Gasteiger partial charge in [0.1, 0.15) is 5.60 Å². The molecule has 27 heavy (non-hydrogen) atoms. The van der Waals surface area contributed by atoms with Crippen molar-refractivity contribution in [1.29, 1.82) is 0 Å². The van der Waals surface area contributed by atoms with E-state index in [0.29, 0.717) is 19.3 Å². The van der Waals surface area contributed by atoms with Crippen molar-refractivity contribution >= 4 is 34.2 Å². The number of Topliss-reactive ketones (excluding diaryl/α,β-unsaturated/α-hetero) is 1. The highest BCUT2D eigenvalue weighted by Crippen LogP contribution is 2.67. The van der Waals surface area contributed by atoms with E-state index in [-0.39, 0.29) is 29.0 Å². The molecule has 0 aliphatic heterocycles. The molecule has 8 atom stereocenters. The van der Waals surface area contributed by atoms with E-state index < -0.39 is 27.0 Å². The molecule has 0 bridgehead atoms. The first-order chi connectivity index (χ1) is 12.5. The molecule has 150 valence electrons. The van der Waals surface area contributed by atoms with Crippen LogP contribution in [-0.4, -0.2) is 42.7 Å². The van der Waals surface area contributed by atoms with Crippen molar-refractivity contribution in [1.82, 2.24) is 0 Å². The molecule has 5 nitrogen and oxygen atoms in total. The third-order valence-corrected chi connectivity index (χ3v) is 9.24. The highest BCUT2D eigenvalue weighted by molar-refractivity contribution is 14.1. The van der Waals surface area contributed by atoms with Crippen LogP contribution >= 0.6 is 22.6 Å². The molecule has 0 spiro atoms. The van der Waals surface area contributed by atoms with Gasteiger partial charge in [-0.05, 0) is 90.4 Å². The first kappa shape index (κ1) is 20.0. The Morgan fingerprint density at radius 3 is 2.63 bits per heavy atom. The highest BCUT2D eigenvalue weighted by Gasteiger charge is 2.68. The van der Waals surface area contributed by atoms with E-state index in [1.807, 2.05) is 6.92 Å². The zero-order valence-electron chi connectivity index (χ0n) is 15.9. The van der Waals surface area contributed by atoms with Crippen LogP contribution in [0, 0.1) is 28.6 Å². The Morgan fingerprint density at radius 2 is 1.96 bits per heavy atom. The average molecular weight is 488 g/mol. The van der Waals surface area contributed by atoms with Crippen LogP contribution in [0.3, 0.4) is 0 Å². The molecule has 3 fully saturated rings. The largest absolute Gasteiger partial charge is 0.393 e. The summed E-state index contributed by atoms with van der Waals surface area (Å²) in [5.41, 5.74) is -1.30. The summed E-state index contributed by atoms with van der Waals surface area (Å²) in [4.78, 5) is 24.6. The maximum absolute atomic E-state index is 12.7. The normalized spacial score (nSPS) is 50.3. The second-order valence-corrected chi connectivity index (χ2v) is 10.9. The number of carbonyl (C=O) groups is 2. The van der Waals surface area contributed by atoms with Gasteiger partial charge in [-0.15, -0.1) is 0 Å². The number of aliphatic hydroxyl groups is 3. The van der Waals surface area contributed by atoms with E-state index in [2.05, 4.69) is 6.92 Å². The summed E-state index contributed by atoms with van der Waals surface area (Å²) >= 11 is 1.65. The third-order valence-electron chi connectivity index (χ3n) is 8.67. The van der Waals surface area contributed by atoms with Crippen molar-refractivity contribution in [2.45, 2.75) is 74.6 Å². The van der Waals surface area contributed by atoms with Gasteiger partial charge in [0, 0.05) is 11.8 Å². The van der Waals surface area contributed by atoms with Crippen LogP contribution in [0.2, 0.25) is 0 Å². The van der Waals surface area contributed by atoms with Gasteiger partial charge in [-0.3, -0.25) is 9.59 Å². The van der Waals surface area contributed by atoms with Crippen LogP contribution in [-0.2, 0) is 9.59 Å². The van der Waals surface area contributed by atoms with Gasteiger partial charge in [0.2, 0.25) is 5.78 Å². The molecule has 0 aromatic carbocycles. The predicted octanol–water partition coefficient (Wildman–Crippen LogP) is 2.54. The molecule has 4 rings (SSSR count). The monoisotopic (exact) mass is 488 g/mol. The number of carbonyl (C=O) groups excluding carboxylic acids is 2. The maximum Gasteiger partial charge on any atom is 0.203 e. The van der Waals surface area contributed by atoms with Crippen molar-refractivity contribution in [3.8, 4) is 0 Å². The molecule has 0 saturated heterocycles. The molecule has 0 aromatic rings. The second kappa shape index (κ2) is 6.34. The number of allylic oxidation sites excluding steroid dienone is 1. The van der Waals surface area contributed by atoms with Gasteiger partial charge in [0.25, 0.3) is 0 Å². The van der Waals surface area contributed by atoms with Crippen LogP contribution in [0.4, 0.5) is 0 Å². The van der Waals surface area contributed by atoms with Gasteiger partial charge in [0.05, 0.1) is 6.10 Å². The maximum atomic E-state index is 12.7. The van der Waals surface area contributed by atoms with Crippen LogP contribution in [0.15, 0.2) is 11.6 Å². The Kier molecular flexibility index (Phi) is 4.69. The number of fused-ring (bicyclic) bond motifs is 5. The van der Waals surface area contributed by atoms with E-state index in [1.165, 1.54) is 5.57 Å². The zero-order chi connectivity index (χ0) is 19.8. The molecule has 0 radical (unpaired) electrons. The molecular weight excluding hydrogens is 459 g/mol. The van der Waals surface area contributed by atoms with Crippen LogP contribution in [0.5, 0.6) is 0 Å². The second-order valence-electron chi connectivity index (χ2n) is 9.68. The fourth-order valence-electron chi connectivity index (χ4n) is 7.29. The smallest absolute Gasteiger partial charge is 0.203 e. The summed E-state index contributed by atoms with van der Waals surface area (Å²) in [5.74, 6) is 0.0940. The van der Waals surface area contributed by atoms with E-state index in [4.69, 9.17) is 0 Å². The summed E-state index contributed by atoms with van der Waals surface area (Å²) in [7, 11) is 0. The Hall–Kier alpha value is -0.310. The third kappa shape index (κ3) is 2.58. The fraction of sp³-hybridized carbons (Fsp3) is 0.810. The van der Waals surface area contributed by atoms with E-state index >= 15 is 0 Å². The molecular formula is C21H29IO5. The van der Waals surface area contributed by atoms with Gasteiger partial charge in [-0.2, -0.15) is 0 Å². The lowest BCUT2D eigenvalue weighted by molar-refractivity contribution is -0.182. The number of hydrogen-bond donors (Lipinski definition) is 3. The van der Waals surface area contributed by atoms with Crippen molar-refractivity contribution in [3.63, 3.8) is 0 Å². The van der Waals surface area contributed by atoms with Gasteiger partial charge in [-0.1, -0.05) is 19.4 Å². The quantitative estimate of drug-likeness (QED) is 0.411. The molecule has 6 heteroatoms. The van der Waals surface area contributed by atoms with E-state index in [0.717, 1.165) is 25.7 Å². The Morgan fingerprint density at radius 1 is 1.26 bits per heavy atom. The van der Waals surface area contributed by atoms with Crippen molar-refractivity contribution < 1.29 is 24.9 Å². The summed E-state index contributed by atoms with van der Waals surface area (Å²) in [6.07, 6.45) is 5.67. The van der Waals surface area contributed by atoms with E-state index in [1.54, 1.807) is 28.7 Å². The minimum atomic E-state index is -1.58. The molecule has 0 aromatic heterocycles. The zero-order valence-corrected chi connectivity index (χ0v) is 18.1. The van der Waals surface area contributed by atoms with E-state index in [9.17, 15) is 24.9 Å². The lowest BCUT2D eigenvalue weighted by atomic mass is 9.45. The molecule has 0 amide bonds. The summed E-state index contributed by atoms with van der Waals surface area (Å²) in [6, 6.07) is 0. The number of ketones is 2. The van der Waals surface area contributed by atoms with Crippen molar-refractivity contribution in [2.75, 3.05) is 0 Å².